The lowest BCUT2D eigenvalue weighted by molar-refractivity contribution is 0.0697. The number of rotatable bonds is 5. The lowest BCUT2D eigenvalue weighted by Crippen LogP contribution is -2.20. The number of aromatic carboxylic acids is 1. The number of carboxylic acids is 1. The molecule has 3 rings (SSSR count). The molecule has 0 amide bonds. The number of alkyl halides is 2. The molecule has 0 fully saturated rings. The number of carboxylic acid groups (broad SMARTS) is 1. The van der Waals surface area contributed by atoms with Crippen LogP contribution < -0.4 is 10.3 Å². The van der Waals surface area contributed by atoms with E-state index in [-0.39, 0.29) is 28.8 Å². The summed E-state index contributed by atoms with van der Waals surface area (Å²) < 4.78 is 37.3. The van der Waals surface area contributed by atoms with E-state index in [0.717, 1.165) is 29.1 Å². The molecule has 140 valence electrons. The van der Waals surface area contributed by atoms with Crippen molar-refractivity contribution in [3.63, 3.8) is 0 Å². The van der Waals surface area contributed by atoms with E-state index in [9.17, 15) is 23.5 Å². The number of carbonyl (C=O) groups is 1. The SMILES string of the molecule is COc1cnc(C(F)F)cc1-c1cn(-c2nnc(C)o2)c(=O)cc1C(=O)O. The van der Waals surface area contributed by atoms with Gasteiger partial charge in [0.2, 0.25) is 5.89 Å². The third-order valence-corrected chi connectivity index (χ3v) is 3.63. The van der Waals surface area contributed by atoms with Crippen LogP contribution in [0.5, 0.6) is 5.75 Å². The molecule has 0 radical (unpaired) electrons. The van der Waals surface area contributed by atoms with Gasteiger partial charge in [0, 0.05) is 30.3 Å². The first-order valence-corrected chi connectivity index (χ1v) is 7.44. The zero-order chi connectivity index (χ0) is 19.7. The van der Waals surface area contributed by atoms with Gasteiger partial charge in [-0.1, -0.05) is 5.10 Å². The van der Waals surface area contributed by atoms with Crippen molar-refractivity contribution >= 4 is 5.97 Å². The first kappa shape index (κ1) is 18.2. The lowest BCUT2D eigenvalue weighted by atomic mass is 10.0. The van der Waals surface area contributed by atoms with Gasteiger partial charge in [-0.15, -0.1) is 5.10 Å². The van der Waals surface area contributed by atoms with Crippen molar-refractivity contribution in [2.24, 2.45) is 0 Å². The van der Waals surface area contributed by atoms with E-state index in [1.165, 1.54) is 14.0 Å². The molecule has 0 aliphatic heterocycles. The number of halogens is 2. The molecule has 11 heteroatoms. The number of methoxy groups -OCH3 is 1. The molecule has 0 atom stereocenters. The van der Waals surface area contributed by atoms with Gasteiger partial charge in [0.25, 0.3) is 12.0 Å². The fraction of sp³-hybridized carbons (Fsp3) is 0.188. The van der Waals surface area contributed by atoms with E-state index in [1.54, 1.807) is 0 Å². The van der Waals surface area contributed by atoms with E-state index in [0.29, 0.717) is 0 Å². The Bertz CT molecular complexity index is 1080. The minimum Gasteiger partial charge on any atom is -0.494 e. The summed E-state index contributed by atoms with van der Waals surface area (Å²) >= 11 is 0. The summed E-state index contributed by atoms with van der Waals surface area (Å²) in [6.45, 7) is 1.51. The Morgan fingerprint density at radius 2 is 2.04 bits per heavy atom. The standard InChI is InChI=1S/C16H12F2N4O5/c1-7-20-21-16(27-7)22-6-10(9(15(24)25)4-13(22)23)8-3-11(14(17)18)19-5-12(8)26-2/h3-6,14H,1-2H3,(H,24,25). The van der Waals surface area contributed by atoms with Gasteiger partial charge >= 0.3 is 12.0 Å². The van der Waals surface area contributed by atoms with Gasteiger partial charge in [-0.3, -0.25) is 9.78 Å². The van der Waals surface area contributed by atoms with Gasteiger partial charge in [-0.05, 0) is 6.07 Å². The van der Waals surface area contributed by atoms with Crippen molar-refractivity contribution in [2.45, 2.75) is 13.3 Å². The summed E-state index contributed by atoms with van der Waals surface area (Å²) in [4.78, 5) is 27.5. The number of aryl methyl sites for hydroxylation is 1. The van der Waals surface area contributed by atoms with E-state index < -0.39 is 29.2 Å². The van der Waals surface area contributed by atoms with Crippen LogP contribution in [0.25, 0.3) is 17.1 Å². The quantitative estimate of drug-likeness (QED) is 0.718. The Balaban J connectivity index is 2.33. The maximum Gasteiger partial charge on any atom is 0.336 e. The van der Waals surface area contributed by atoms with Gasteiger partial charge in [-0.2, -0.15) is 0 Å². The van der Waals surface area contributed by atoms with Crippen molar-refractivity contribution in [3.05, 3.63) is 52.0 Å². The van der Waals surface area contributed by atoms with E-state index in [1.807, 2.05) is 0 Å². The minimum absolute atomic E-state index is 0.0187. The molecule has 3 heterocycles. The van der Waals surface area contributed by atoms with Crippen molar-refractivity contribution in [1.29, 1.82) is 0 Å². The van der Waals surface area contributed by atoms with Gasteiger partial charge in [0.15, 0.2) is 0 Å². The van der Waals surface area contributed by atoms with Crippen LogP contribution in [0.2, 0.25) is 0 Å². The molecular formula is C16H12F2N4O5. The molecular weight excluding hydrogens is 366 g/mol. The molecule has 0 unspecified atom stereocenters. The highest BCUT2D eigenvalue weighted by Crippen LogP contribution is 2.34. The van der Waals surface area contributed by atoms with Crippen LogP contribution in [0, 0.1) is 6.92 Å². The second-order valence-corrected chi connectivity index (χ2v) is 5.33. The molecule has 0 aromatic carbocycles. The average Bonchev–Trinajstić information content (AvgIpc) is 3.06. The van der Waals surface area contributed by atoms with Crippen LogP contribution in [0.1, 0.15) is 28.4 Å². The van der Waals surface area contributed by atoms with Crippen LogP contribution >= 0.6 is 0 Å². The number of nitrogens with zero attached hydrogens (tertiary/aromatic N) is 4. The van der Waals surface area contributed by atoms with Gasteiger partial charge in [0.1, 0.15) is 11.4 Å². The molecule has 3 aromatic heterocycles. The molecule has 0 saturated heterocycles. The summed E-state index contributed by atoms with van der Waals surface area (Å²) in [5.41, 5.74) is -1.77. The van der Waals surface area contributed by atoms with Crippen LogP contribution in [0.15, 0.2) is 33.7 Å². The molecule has 3 aromatic rings. The molecule has 1 N–H and O–H groups in total. The maximum atomic E-state index is 13.1. The summed E-state index contributed by atoms with van der Waals surface area (Å²) in [5.74, 6) is -1.19. The molecule has 0 aliphatic rings. The topological polar surface area (TPSA) is 120 Å². The van der Waals surface area contributed by atoms with Crippen molar-refractivity contribution < 1.29 is 27.8 Å². The maximum absolute atomic E-state index is 13.1. The van der Waals surface area contributed by atoms with Gasteiger partial charge in [0.05, 0.1) is 18.9 Å². The molecule has 0 spiro atoms. The molecule has 0 aliphatic carbocycles. The summed E-state index contributed by atoms with van der Waals surface area (Å²) in [5, 5.41) is 16.8. The monoisotopic (exact) mass is 378 g/mol. The lowest BCUT2D eigenvalue weighted by Gasteiger charge is -2.13. The van der Waals surface area contributed by atoms with Crippen molar-refractivity contribution in [2.75, 3.05) is 7.11 Å². The van der Waals surface area contributed by atoms with Crippen LogP contribution in [0.4, 0.5) is 8.78 Å². The number of aromatic nitrogens is 4. The average molecular weight is 378 g/mol. The first-order valence-electron chi connectivity index (χ1n) is 7.44. The highest BCUT2D eigenvalue weighted by molar-refractivity contribution is 5.96. The Morgan fingerprint density at radius 1 is 1.30 bits per heavy atom. The number of hydrogen-bond acceptors (Lipinski definition) is 7. The zero-order valence-electron chi connectivity index (χ0n) is 14.0. The molecule has 0 bridgehead atoms. The third-order valence-electron chi connectivity index (χ3n) is 3.63. The highest BCUT2D eigenvalue weighted by Gasteiger charge is 2.22. The van der Waals surface area contributed by atoms with E-state index in [4.69, 9.17) is 9.15 Å². The Morgan fingerprint density at radius 3 is 2.59 bits per heavy atom. The number of hydrogen-bond donors (Lipinski definition) is 1. The number of pyridine rings is 2. The first-order chi connectivity index (χ1) is 12.8. The molecule has 27 heavy (non-hydrogen) atoms. The van der Waals surface area contributed by atoms with Crippen LogP contribution in [0.3, 0.4) is 0 Å². The highest BCUT2D eigenvalue weighted by atomic mass is 19.3. The fourth-order valence-corrected chi connectivity index (χ4v) is 2.41. The Kier molecular flexibility index (Phi) is 4.67. The predicted molar refractivity (Wildman–Crippen MR) is 86.3 cm³/mol. The largest absolute Gasteiger partial charge is 0.494 e. The second-order valence-electron chi connectivity index (χ2n) is 5.33. The minimum atomic E-state index is -2.88. The Hall–Kier alpha value is -3.63. The van der Waals surface area contributed by atoms with Gasteiger partial charge < -0.3 is 14.3 Å². The van der Waals surface area contributed by atoms with Crippen molar-refractivity contribution in [1.82, 2.24) is 19.7 Å². The second kappa shape index (κ2) is 6.94. The van der Waals surface area contributed by atoms with Crippen molar-refractivity contribution in [3.8, 4) is 22.9 Å². The van der Waals surface area contributed by atoms with E-state index >= 15 is 0 Å². The zero-order valence-corrected chi connectivity index (χ0v) is 14.0. The summed E-state index contributed by atoms with van der Waals surface area (Å²) in [7, 11) is 1.28. The Labute approximate surface area is 149 Å². The third kappa shape index (κ3) is 3.38. The predicted octanol–water partition coefficient (Wildman–Crippen LogP) is 2.24. The van der Waals surface area contributed by atoms with Gasteiger partial charge in [-0.25, -0.2) is 18.1 Å². The normalized spacial score (nSPS) is 11.0. The molecule has 9 nitrogen and oxygen atoms in total. The van der Waals surface area contributed by atoms with Crippen LogP contribution in [-0.4, -0.2) is 37.9 Å². The smallest absolute Gasteiger partial charge is 0.336 e. The van der Waals surface area contributed by atoms with Crippen LogP contribution in [-0.2, 0) is 0 Å². The van der Waals surface area contributed by atoms with E-state index in [2.05, 4.69) is 15.2 Å². The number of ether oxygens (including phenoxy) is 1. The summed E-state index contributed by atoms with van der Waals surface area (Å²) in [6.07, 6.45) is -0.715. The molecule has 0 saturated carbocycles. The fourth-order valence-electron chi connectivity index (χ4n) is 2.41. The summed E-state index contributed by atoms with van der Waals surface area (Å²) in [6, 6.07) is 1.64.